The fraction of sp³-hybridized carbons (Fsp3) is 1.00. The Morgan fingerprint density at radius 3 is 1.31 bits per heavy atom. The van der Waals surface area contributed by atoms with E-state index in [1.54, 1.807) is 4.90 Å². The van der Waals surface area contributed by atoms with E-state index in [2.05, 4.69) is 11.4 Å². The van der Waals surface area contributed by atoms with Crippen LogP contribution >= 0.6 is 7.82 Å². The van der Waals surface area contributed by atoms with Crippen LogP contribution in [0.15, 0.2) is 0 Å². The average Bonchev–Trinajstić information content (AvgIpc) is 2.66. The van der Waals surface area contributed by atoms with Crippen LogP contribution in [0.5, 0.6) is 0 Å². The highest BCUT2D eigenvalue weighted by atomic mass is 31.2. The minimum Gasteiger partial charge on any atom is -0.395 e. The minimum atomic E-state index is -4.25. The molecule has 0 radical (unpaired) electrons. The molecule has 0 aromatic rings. The number of phosphoric ester groups is 1. The summed E-state index contributed by atoms with van der Waals surface area (Å²) in [6.45, 7) is 4.16. The van der Waals surface area contributed by atoms with Crippen molar-refractivity contribution in [1.29, 1.82) is 0 Å². The standard InChI is InChI=1S/C14H31O4P.C6H15NO3/c1-2-3-4-5-6-7-8-9-10-11-12-13-14-18-19(15,16)17;8-4-1-7(2-5-9)3-6-10/h2-14H2,1H3,(H2,15,16,17);8-10H,1-6H2. The van der Waals surface area contributed by atoms with Crippen molar-refractivity contribution in [3.8, 4) is 0 Å². The van der Waals surface area contributed by atoms with Crippen molar-refractivity contribution in [2.24, 2.45) is 0 Å². The maximum absolute atomic E-state index is 10.4. The van der Waals surface area contributed by atoms with Gasteiger partial charge in [0.25, 0.3) is 0 Å². The predicted molar refractivity (Wildman–Crippen MR) is 117 cm³/mol. The second-order valence-electron chi connectivity index (χ2n) is 7.23. The highest BCUT2D eigenvalue weighted by molar-refractivity contribution is 7.46. The summed E-state index contributed by atoms with van der Waals surface area (Å²) in [5, 5.41) is 25.5. The van der Waals surface area contributed by atoms with Crippen molar-refractivity contribution in [1.82, 2.24) is 4.90 Å². The highest BCUT2D eigenvalue weighted by Crippen LogP contribution is 2.35. The van der Waals surface area contributed by atoms with Gasteiger partial charge in [0.1, 0.15) is 0 Å². The molecule has 0 rings (SSSR count). The monoisotopic (exact) mass is 443 g/mol. The van der Waals surface area contributed by atoms with Crippen molar-refractivity contribution >= 4 is 7.82 Å². The molecule has 0 saturated heterocycles. The second-order valence-corrected chi connectivity index (χ2v) is 8.46. The van der Waals surface area contributed by atoms with Crippen LogP contribution in [0, 0.1) is 0 Å². The Morgan fingerprint density at radius 1 is 0.655 bits per heavy atom. The zero-order valence-electron chi connectivity index (χ0n) is 18.4. The van der Waals surface area contributed by atoms with E-state index in [0.717, 1.165) is 19.3 Å². The zero-order valence-corrected chi connectivity index (χ0v) is 19.3. The summed E-state index contributed by atoms with van der Waals surface area (Å²) in [4.78, 5) is 18.8. The molecular weight excluding hydrogens is 397 g/mol. The van der Waals surface area contributed by atoms with E-state index in [-0.39, 0.29) is 26.4 Å². The first-order valence-electron chi connectivity index (χ1n) is 11.2. The van der Waals surface area contributed by atoms with Gasteiger partial charge in [-0.3, -0.25) is 9.42 Å². The first-order chi connectivity index (χ1) is 13.9. The number of hydrogen-bond donors (Lipinski definition) is 5. The summed E-state index contributed by atoms with van der Waals surface area (Å²) in [5.41, 5.74) is 0. The molecule has 0 heterocycles. The maximum atomic E-state index is 10.4. The summed E-state index contributed by atoms with van der Waals surface area (Å²) in [7, 11) is -4.25. The molecule has 29 heavy (non-hydrogen) atoms. The molecule has 0 spiro atoms. The Labute approximate surface area is 177 Å². The van der Waals surface area contributed by atoms with E-state index in [1.807, 2.05) is 0 Å². The number of rotatable bonds is 20. The molecule has 0 aliphatic heterocycles. The number of hydrogen-bond acceptors (Lipinski definition) is 6. The molecule has 9 heteroatoms. The molecule has 0 unspecified atom stereocenters. The molecule has 0 amide bonds. The zero-order chi connectivity index (χ0) is 22.2. The topological polar surface area (TPSA) is 131 Å². The summed E-state index contributed by atoms with van der Waals surface area (Å²) >= 11 is 0. The van der Waals surface area contributed by atoms with Crippen LogP contribution in [0.1, 0.15) is 84.0 Å². The van der Waals surface area contributed by atoms with Crippen LogP contribution in [0.25, 0.3) is 0 Å². The van der Waals surface area contributed by atoms with Crippen LogP contribution in [-0.2, 0) is 9.09 Å². The third-order valence-corrected chi connectivity index (χ3v) is 5.02. The molecule has 8 nitrogen and oxygen atoms in total. The van der Waals surface area contributed by atoms with Crippen LogP contribution in [0.3, 0.4) is 0 Å². The Hall–Kier alpha value is -0.0500. The fourth-order valence-corrected chi connectivity index (χ4v) is 3.25. The van der Waals surface area contributed by atoms with E-state index in [9.17, 15) is 4.57 Å². The third-order valence-electron chi connectivity index (χ3n) is 4.51. The summed E-state index contributed by atoms with van der Waals surface area (Å²) in [5.74, 6) is 0. The van der Waals surface area contributed by atoms with Gasteiger partial charge in [-0.1, -0.05) is 77.6 Å². The molecule has 0 aliphatic carbocycles. The van der Waals surface area contributed by atoms with E-state index >= 15 is 0 Å². The number of unbranched alkanes of at least 4 members (excludes halogenated alkanes) is 11. The second kappa shape index (κ2) is 24.2. The first kappa shape index (κ1) is 31.1. The predicted octanol–water partition coefficient (Wildman–Crippen LogP) is 3.06. The van der Waals surface area contributed by atoms with Crippen LogP contribution in [-0.4, -0.2) is 76.1 Å². The smallest absolute Gasteiger partial charge is 0.395 e. The summed E-state index contributed by atoms with van der Waals surface area (Å²) in [6.07, 6.45) is 14.9. The van der Waals surface area contributed by atoms with Gasteiger partial charge < -0.3 is 25.1 Å². The van der Waals surface area contributed by atoms with Gasteiger partial charge in [-0.05, 0) is 6.42 Å². The number of nitrogens with zero attached hydrogens (tertiary/aromatic N) is 1. The summed E-state index contributed by atoms with van der Waals surface area (Å²) < 4.78 is 14.8. The van der Waals surface area contributed by atoms with E-state index < -0.39 is 7.82 Å². The molecular formula is C20H46NO7P. The van der Waals surface area contributed by atoms with E-state index in [0.29, 0.717) is 19.6 Å². The van der Waals surface area contributed by atoms with Crippen molar-refractivity contribution in [2.45, 2.75) is 84.0 Å². The fourth-order valence-electron chi connectivity index (χ4n) is 2.89. The average molecular weight is 444 g/mol. The number of aliphatic hydroxyl groups excluding tert-OH is 3. The van der Waals surface area contributed by atoms with Gasteiger partial charge in [0.2, 0.25) is 0 Å². The van der Waals surface area contributed by atoms with Crippen LogP contribution in [0.4, 0.5) is 0 Å². The lowest BCUT2D eigenvalue weighted by molar-refractivity contribution is 0.136. The largest absolute Gasteiger partial charge is 0.469 e. The van der Waals surface area contributed by atoms with Gasteiger partial charge in [0.15, 0.2) is 0 Å². The van der Waals surface area contributed by atoms with Crippen molar-refractivity contribution in [2.75, 3.05) is 46.1 Å². The minimum absolute atomic E-state index is 0.0694. The number of phosphoric acid groups is 1. The molecule has 0 atom stereocenters. The third kappa shape index (κ3) is 30.2. The molecule has 0 fully saturated rings. The molecule has 5 N–H and O–H groups in total. The maximum Gasteiger partial charge on any atom is 0.469 e. The number of aliphatic hydroxyl groups is 3. The van der Waals surface area contributed by atoms with Gasteiger partial charge in [0.05, 0.1) is 26.4 Å². The van der Waals surface area contributed by atoms with Crippen molar-refractivity contribution in [3.63, 3.8) is 0 Å². The first-order valence-corrected chi connectivity index (χ1v) is 12.7. The lowest BCUT2D eigenvalue weighted by Crippen LogP contribution is -2.32. The Bertz CT molecular complexity index is 341. The Balaban J connectivity index is 0. The Kier molecular flexibility index (Phi) is 26.0. The quantitative estimate of drug-likeness (QED) is 0.143. The Morgan fingerprint density at radius 2 is 1.00 bits per heavy atom. The molecule has 0 aliphatic rings. The molecule has 0 aromatic carbocycles. The van der Waals surface area contributed by atoms with Crippen molar-refractivity contribution in [3.05, 3.63) is 0 Å². The SMILES string of the molecule is CCCCCCCCCCCCCCOP(=O)(O)O.OCCN(CCO)CCO. The van der Waals surface area contributed by atoms with Gasteiger partial charge in [-0.2, -0.15) is 0 Å². The molecule has 0 bridgehead atoms. The van der Waals surface area contributed by atoms with E-state index in [1.165, 1.54) is 57.8 Å². The molecule has 0 saturated carbocycles. The van der Waals surface area contributed by atoms with E-state index in [4.69, 9.17) is 25.1 Å². The highest BCUT2D eigenvalue weighted by Gasteiger charge is 2.12. The normalized spacial score (nSPS) is 11.6. The molecule has 178 valence electrons. The van der Waals surface area contributed by atoms with Gasteiger partial charge in [-0.25, -0.2) is 4.57 Å². The lowest BCUT2D eigenvalue weighted by atomic mass is 10.1. The summed E-state index contributed by atoms with van der Waals surface area (Å²) in [6, 6.07) is 0. The van der Waals surface area contributed by atoms with Gasteiger partial charge in [-0.15, -0.1) is 0 Å². The van der Waals surface area contributed by atoms with Crippen molar-refractivity contribution < 1.29 is 34.2 Å². The van der Waals surface area contributed by atoms with Crippen LogP contribution < -0.4 is 0 Å². The lowest BCUT2D eigenvalue weighted by Gasteiger charge is -2.17. The molecule has 0 aromatic heterocycles. The van der Waals surface area contributed by atoms with Gasteiger partial charge in [0, 0.05) is 19.6 Å². The van der Waals surface area contributed by atoms with Crippen LogP contribution in [0.2, 0.25) is 0 Å². The van der Waals surface area contributed by atoms with Gasteiger partial charge >= 0.3 is 7.82 Å².